The van der Waals surface area contributed by atoms with Crippen LogP contribution in [0.25, 0.3) is 0 Å². The summed E-state index contributed by atoms with van der Waals surface area (Å²) >= 11 is 1.89. The lowest BCUT2D eigenvalue weighted by atomic mass is 10.4. The minimum Gasteiger partial charge on any atom is -0.383 e. The third-order valence-corrected chi connectivity index (χ3v) is 3.01. The van der Waals surface area contributed by atoms with E-state index in [9.17, 15) is 0 Å². The van der Waals surface area contributed by atoms with E-state index >= 15 is 0 Å². The standard InChI is InChI=1S/C11H21N3OS/c1-15-8-5-12-10-11-13-4-7-14(11)6-3-9-16-2/h4,7,12H,3,5-6,8-10H2,1-2H3. The molecule has 0 radical (unpaired) electrons. The van der Waals surface area contributed by atoms with E-state index in [1.165, 1.54) is 12.2 Å². The van der Waals surface area contributed by atoms with Crippen LogP contribution in [0.3, 0.4) is 0 Å². The zero-order chi connectivity index (χ0) is 11.6. The number of thioether (sulfide) groups is 1. The summed E-state index contributed by atoms with van der Waals surface area (Å²) in [6.07, 6.45) is 7.25. The van der Waals surface area contributed by atoms with Crippen LogP contribution in [-0.2, 0) is 17.8 Å². The van der Waals surface area contributed by atoms with Crippen molar-refractivity contribution in [1.29, 1.82) is 0 Å². The number of imidazole rings is 1. The van der Waals surface area contributed by atoms with Gasteiger partial charge >= 0.3 is 0 Å². The van der Waals surface area contributed by atoms with Gasteiger partial charge in [0.25, 0.3) is 0 Å². The van der Waals surface area contributed by atoms with Crippen molar-refractivity contribution >= 4 is 11.8 Å². The van der Waals surface area contributed by atoms with Crippen molar-refractivity contribution in [3.8, 4) is 0 Å². The Morgan fingerprint density at radius 1 is 1.56 bits per heavy atom. The first kappa shape index (κ1) is 13.5. The zero-order valence-corrected chi connectivity index (χ0v) is 10.9. The normalized spacial score (nSPS) is 10.9. The molecule has 0 aliphatic heterocycles. The fraction of sp³-hybridized carbons (Fsp3) is 0.727. The molecule has 1 rings (SSSR count). The van der Waals surface area contributed by atoms with Gasteiger partial charge in [0, 0.05) is 32.6 Å². The van der Waals surface area contributed by atoms with E-state index in [1.807, 2.05) is 24.2 Å². The van der Waals surface area contributed by atoms with Gasteiger partial charge in [0.2, 0.25) is 0 Å². The van der Waals surface area contributed by atoms with Gasteiger partial charge in [-0.1, -0.05) is 0 Å². The number of methoxy groups -OCH3 is 1. The fourth-order valence-corrected chi connectivity index (χ4v) is 1.88. The SMILES string of the molecule is COCCNCc1nccn1CCCSC. The highest BCUT2D eigenvalue weighted by molar-refractivity contribution is 7.98. The van der Waals surface area contributed by atoms with Crippen LogP contribution in [0.5, 0.6) is 0 Å². The molecule has 0 unspecified atom stereocenters. The molecular formula is C11H21N3OS. The maximum absolute atomic E-state index is 4.98. The Kier molecular flexibility index (Phi) is 7.29. The summed E-state index contributed by atoms with van der Waals surface area (Å²) in [4.78, 5) is 4.35. The Labute approximate surface area is 102 Å². The van der Waals surface area contributed by atoms with Crippen molar-refractivity contribution in [2.75, 3.05) is 32.3 Å². The molecule has 0 aliphatic rings. The second-order valence-corrected chi connectivity index (χ2v) is 4.54. The zero-order valence-electron chi connectivity index (χ0n) is 10.1. The molecule has 92 valence electrons. The number of nitrogens with one attached hydrogen (secondary N) is 1. The molecule has 0 spiro atoms. The molecular weight excluding hydrogens is 222 g/mol. The summed E-state index contributed by atoms with van der Waals surface area (Å²) in [7, 11) is 1.71. The van der Waals surface area contributed by atoms with E-state index in [0.717, 1.165) is 32.1 Å². The summed E-state index contributed by atoms with van der Waals surface area (Å²) in [5.41, 5.74) is 0. The van der Waals surface area contributed by atoms with Crippen LogP contribution < -0.4 is 5.32 Å². The number of ether oxygens (including phenoxy) is 1. The highest BCUT2D eigenvalue weighted by Crippen LogP contribution is 2.02. The molecule has 0 atom stereocenters. The summed E-state index contributed by atoms with van der Waals surface area (Å²) in [6, 6.07) is 0. The molecule has 1 heterocycles. The molecule has 0 saturated heterocycles. The van der Waals surface area contributed by atoms with Gasteiger partial charge in [-0.05, 0) is 18.4 Å². The van der Waals surface area contributed by atoms with Crippen LogP contribution >= 0.6 is 11.8 Å². The van der Waals surface area contributed by atoms with Gasteiger partial charge in [0.05, 0.1) is 13.2 Å². The molecule has 0 aliphatic carbocycles. The van der Waals surface area contributed by atoms with Gasteiger partial charge in [-0.3, -0.25) is 0 Å². The van der Waals surface area contributed by atoms with Crippen molar-refractivity contribution < 1.29 is 4.74 Å². The van der Waals surface area contributed by atoms with Gasteiger partial charge < -0.3 is 14.6 Å². The molecule has 0 aromatic carbocycles. The number of aryl methyl sites for hydroxylation is 1. The van der Waals surface area contributed by atoms with Gasteiger partial charge in [-0.2, -0.15) is 11.8 Å². The van der Waals surface area contributed by atoms with E-state index in [1.54, 1.807) is 7.11 Å². The minimum atomic E-state index is 0.743. The molecule has 0 saturated carbocycles. The Morgan fingerprint density at radius 2 is 2.44 bits per heavy atom. The number of nitrogens with zero attached hydrogens (tertiary/aromatic N) is 2. The summed E-state index contributed by atoms with van der Waals surface area (Å²) in [5, 5.41) is 3.31. The lowest BCUT2D eigenvalue weighted by Crippen LogP contribution is -2.21. The minimum absolute atomic E-state index is 0.743. The van der Waals surface area contributed by atoms with E-state index in [-0.39, 0.29) is 0 Å². The van der Waals surface area contributed by atoms with Crippen molar-refractivity contribution in [2.24, 2.45) is 0 Å². The third kappa shape index (κ3) is 5.01. The summed E-state index contributed by atoms with van der Waals surface area (Å²) in [5.74, 6) is 2.31. The van der Waals surface area contributed by atoms with Crippen molar-refractivity contribution in [3.63, 3.8) is 0 Å². The highest BCUT2D eigenvalue weighted by Gasteiger charge is 2.01. The van der Waals surface area contributed by atoms with Crippen molar-refractivity contribution in [3.05, 3.63) is 18.2 Å². The van der Waals surface area contributed by atoms with Crippen molar-refractivity contribution in [2.45, 2.75) is 19.5 Å². The van der Waals surface area contributed by atoms with Crippen LogP contribution in [0, 0.1) is 0 Å². The molecule has 1 aromatic rings. The van der Waals surface area contributed by atoms with E-state index in [4.69, 9.17) is 4.74 Å². The predicted octanol–water partition coefficient (Wildman–Crippen LogP) is 1.37. The number of aromatic nitrogens is 2. The molecule has 1 N–H and O–H groups in total. The van der Waals surface area contributed by atoms with Gasteiger partial charge in [-0.15, -0.1) is 0 Å². The Hall–Kier alpha value is -0.520. The molecule has 0 amide bonds. The lowest BCUT2D eigenvalue weighted by molar-refractivity contribution is 0.199. The molecule has 0 fully saturated rings. The molecule has 1 aromatic heterocycles. The maximum atomic E-state index is 4.98. The van der Waals surface area contributed by atoms with Crippen LogP contribution in [0.15, 0.2) is 12.4 Å². The van der Waals surface area contributed by atoms with E-state index in [0.29, 0.717) is 0 Å². The highest BCUT2D eigenvalue weighted by atomic mass is 32.2. The third-order valence-electron chi connectivity index (χ3n) is 2.32. The Morgan fingerprint density at radius 3 is 3.19 bits per heavy atom. The van der Waals surface area contributed by atoms with Gasteiger partial charge in [-0.25, -0.2) is 4.98 Å². The number of hydrogen-bond acceptors (Lipinski definition) is 4. The quantitative estimate of drug-likeness (QED) is 0.665. The Bertz CT molecular complexity index is 278. The van der Waals surface area contributed by atoms with Crippen LogP contribution in [0.4, 0.5) is 0 Å². The summed E-state index contributed by atoms with van der Waals surface area (Å²) in [6.45, 7) is 3.49. The van der Waals surface area contributed by atoms with Gasteiger partial charge in [0.15, 0.2) is 0 Å². The van der Waals surface area contributed by atoms with Gasteiger partial charge in [0.1, 0.15) is 5.82 Å². The molecule has 16 heavy (non-hydrogen) atoms. The number of rotatable bonds is 9. The average molecular weight is 243 g/mol. The second-order valence-electron chi connectivity index (χ2n) is 3.55. The van der Waals surface area contributed by atoms with Crippen LogP contribution in [0.2, 0.25) is 0 Å². The largest absolute Gasteiger partial charge is 0.383 e. The lowest BCUT2D eigenvalue weighted by Gasteiger charge is -2.08. The van der Waals surface area contributed by atoms with Crippen LogP contribution in [0.1, 0.15) is 12.2 Å². The molecule has 4 nitrogen and oxygen atoms in total. The van der Waals surface area contributed by atoms with Crippen LogP contribution in [-0.4, -0.2) is 41.8 Å². The first-order valence-electron chi connectivity index (χ1n) is 5.57. The maximum Gasteiger partial charge on any atom is 0.122 e. The smallest absolute Gasteiger partial charge is 0.122 e. The summed E-state index contributed by atoms with van der Waals surface area (Å²) < 4.78 is 7.20. The van der Waals surface area contributed by atoms with E-state index < -0.39 is 0 Å². The predicted molar refractivity (Wildman–Crippen MR) is 68.8 cm³/mol. The molecule has 0 bridgehead atoms. The monoisotopic (exact) mass is 243 g/mol. The fourth-order valence-electron chi connectivity index (χ4n) is 1.46. The molecule has 5 heteroatoms. The first-order chi connectivity index (χ1) is 7.88. The second kappa shape index (κ2) is 8.61. The average Bonchev–Trinajstić information content (AvgIpc) is 2.73. The van der Waals surface area contributed by atoms with Crippen molar-refractivity contribution in [1.82, 2.24) is 14.9 Å². The topological polar surface area (TPSA) is 39.1 Å². The Balaban J connectivity index is 2.26. The first-order valence-corrected chi connectivity index (χ1v) is 6.96. The number of hydrogen-bond donors (Lipinski definition) is 1. The van der Waals surface area contributed by atoms with E-state index in [2.05, 4.69) is 21.1 Å².